The molecular formula is C12H19NO3. The number of rotatable bonds is 6. The van der Waals surface area contributed by atoms with Gasteiger partial charge in [-0.3, -0.25) is 4.79 Å². The monoisotopic (exact) mass is 225 g/mol. The van der Waals surface area contributed by atoms with Crippen molar-refractivity contribution < 1.29 is 14.3 Å². The number of esters is 1. The van der Waals surface area contributed by atoms with Gasteiger partial charge in [-0.2, -0.15) is 5.26 Å². The zero-order valence-corrected chi connectivity index (χ0v) is 9.99. The quantitative estimate of drug-likeness (QED) is 0.512. The summed E-state index contributed by atoms with van der Waals surface area (Å²) >= 11 is 0. The smallest absolute Gasteiger partial charge is 0.326 e. The number of nitriles is 1. The van der Waals surface area contributed by atoms with Gasteiger partial charge in [0.05, 0.1) is 18.8 Å². The second kappa shape index (κ2) is 5.86. The van der Waals surface area contributed by atoms with E-state index in [0.29, 0.717) is 26.1 Å². The lowest BCUT2D eigenvalue weighted by molar-refractivity contribution is -0.165. The fourth-order valence-corrected chi connectivity index (χ4v) is 1.80. The van der Waals surface area contributed by atoms with Crippen molar-refractivity contribution in [2.24, 2.45) is 5.41 Å². The molecular weight excluding hydrogens is 206 g/mol. The van der Waals surface area contributed by atoms with E-state index >= 15 is 0 Å². The Kier molecular flexibility index (Phi) is 4.75. The van der Waals surface area contributed by atoms with Crippen LogP contribution in [0.2, 0.25) is 0 Å². The average molecular weight is 225 g/mol. The summed E-state index contributed by atoms with van der Waals surface area (Å²) in [4.78, 5) is 11.6. The summed E-state index contributed by atoms with van der Waals surface area (Å²) in [6.45, 7) is 4.88. The molecule has 1 rings (SSSR count). The van der Waals surface area contributed by atoms with Crippen molar-refractivity contribution in [1.82, 2.24) is 0 Å². The summed E-state index contributed by atoms with van der Waals surface area (Å²) in [5.74, 6) is -0.396. The highest BCUT2D eigenvalue weighted by atomic mass is 16.5. The Balaban J connectivity index is 2.34. The Morgan fingerprint density at radius 2 is 2.19 bits per heavy atom. The molecule has 1 fully saturated rings. The van der Waals surface area contributed by atoms with Gasteiger partial charge >= 0.3 is 5.97 Å². The molecule has 0 unspecified atom stereocenters. The van der Waals surface area contributed by atoms with Crippen molar-refractivity contribution in [2.75, 3.05) is 13.2 Å². The highest BCUT2D eigenvalue weighted by molar-refractivity contribution is 5.81. The molecule has 0 radical (unpaired) electrons. The predicted octanol–water partition coefficient (Wildman–Crippen LogP) is 2.04. The van der Waals surface area contributed by atoms with E-state index in [1.807, 2.05) is 0 Å². The molecule has 1 aliphatic carbocycles. The first-order valence-electron chi connectivity index (χ1n) is 5.88. The minimum Gasteiger partial charge on any atom is -0.465 e. The SMILES string of the molecule is CCCCOC1CC(C#N)(C(=O)OCC)C1. The van der Waals surface area contributed by atoms with Gasteiger partial charge in [-0.05, 0) is 13.3 Å². The molecule has 0 aliphatic heterocycles. The molecule has 0 aromatic carbocycles. The summed E-state index contributed by atoms with van der Waals surface area (Å²) in [7, 11) is 0. The molecule has 1 aliphatic rings. The molecule has 0 spiro atoms. The number of hydrogen-bond donors (Lipinski definition) is 0. The second-order valence-corrected chi connectivity index (χ2v) is 4.17. The number of hydrogen-bond acceptors (Lipinski definition) is 4. The summed E-state index contributed by atoms with van der Waals surface area (Å²) in [5, 5.41) is 9.02. The van der Waals surface area contributed by atoms with E-state index in [9.17, 15) is 4.79 Å². The number of ether oxygens (including phenoxy) is 2. The van der Waals surface area contributed by atoms with Crippen LogP contribution in [-0.4, -0.2) is 25.3 Å². The molecule has 0 heterocycles. The highest BCUT2D eigenvalue weighted by Crippen LogP contribution is 2.43. The van der Waals surface area contributed by atoms with Crippen LogP contribution in [0.25, 0.3) is 0 Å². The van der Waals surface area contributed by atoms with Crippen LogP contribution in [0.5, 0.6) is 0 Å². The van der Waals surface area contributed by atoms with Gasteiger partial charge in [0.15, 0.2) is 5.41 Å². The van der Waals surface area contributed by atoms with E-state index in [4.69, 9.17) is 14.7 Å². The summed E-state index contributed by atoms with van der Waals surface area (Å²) in [6.07, 6.45) is 3.12. The fourth-order valence-electron chi connectivity index (χ4n) is 1.80. The van der Waals surface area contributed by atoms with E-state index in [-0.39, 0.29) is 6.10 Å². The van der Waals surface area contributed by atoms with Crippen molar-refractivity contribution in [1.29, 1.82) is 5.26 Å². The number of unbranched alkanes of at least 4 members (excludes halogenated alkanes) is 1. The van der Waals surface area contributed by atoms with Gasteiger partial charge in [0, 0.05) is 19.4 Å². The van der Waals surface area contributed by atoms with E-state index in [1.54, 1.807) is 6.92 Å². The van der Waals surface area contributed by atoms with Gasteiger partial charge in [-0.25, -0.2) is 0 Å². The lowest BCUT2D eigenvalue weighted by Crippen LogP contribution is -2.48. The van der Waals surface area contributed by atoms with Gasteiger partial charge in [-0.1, -0.05) is 13.3 Å². The van der Waals surface area contributed by atoms with Crippen LogP contribution in [-0.2, 0) is 14.3 Å². The molecule has 0 N–H and O–H groups in total. The third kappa shape index (κ3) is 2.73. The minimum absolute atomic E-state index is 0.0515. The Hall–Kier alpha value is -1.08. The van der Waals surface area contributed by atoms with Gasteiger partial charge in [0.2, 0.25) is 0 Å². The molecule has 4 nitrogen and oxygen atoms in total. The standard InChI is InChI=1S/C12H19NO3/c1-3-5-6-16-10-7-12(8-10,9-13)11(14)15-4-2/h10H,3-8H2,1-2H3. The Morgan fingerprint density at radius 1 is 1.50 bits per heavy atom. The minimum atomic E-state index is -0.938. The van der Waals surface area contributed by atoms with E-state index in [2.05, 4.69) is 13.0 Å². The first kappa shape index (κ1) is 13.0. The normalized spacial score (nSPS) is 27.9. The third-order valence-electron chi connectivity index (χ3n) is 2.88. The average Bonchev–Trinajstić information content (AvgIpc) is 2.22. The summed E-state index contributed by atoms with van der Waals surface area (Å²) < 4.78 is 10.4. The van der Waals surface area contributed by atoms with Crippen LogP contribution < -0.4 is 0 Å². The summed E-state index contributed by atoms with van der Waals surface area (Å²) in [6, 6.07) is 2.07. The Labute approximate surface area is 96.5 Å². The largest absolute Gasteiger partial charge is 0.465 e. The maximum Gasteiger partial charge on any atom is 0.326 e. The zero-order chi connectivity index (χ0) is 12.0. The lowest BCUT2D eigenvalue weighted by Gasteiger charge is -2.39. The molecule has 0 amide bonds. The van der Waals surface area contributed by atoms with Crippen molar-refractivity contribution in [3.05, 3.63) is 0 Å². The second-order valence-electron chi connectivity index (χ2n) is 4.17. The molecule has 0 bridgehead atoms. The number of carbonyl (C=O) groups is 1. The Bertz CT molecular complexity index is 276. The maximum atomic E-state index is 11.6. The number of carbonyl (C=O) groups excluding carboxylic acids is 1. The van der Waals surface area contributed by atoms with E-state index in [1.165, 1.54) is 0 Å². The van der Waals surface area contributed by atoms with Crippen LogP contribution in [0.3, 0.4) is 0 Å². The molecule has 0 aromatic rings. The van der Waals surface area contributed by atoms with Crippen molar-refractivity contribution >= 4 is 5.97 Å². The van der Waals surface area contributed by atoms with Crippen molar-refractivity contribution in [3.8, 4) is 6.07 Å². The van der Waals surface area contributed by atoms with Crippen LogP contribution in [0.15, 0.2) is 0 Å². The Morgan fingerprint density at radius 3 is 2.69 bits per heavy atom. The van der Waals surface area contributed by atoms with Crippen LogP contribution in [0.4, 0.5) is 0 Å². The molecule has 4 heteroatoms. The van der Waals surface area contributed by atoms with Crippen molar-refractivity contribution in [3.63, 3.8) is 0 Å². The third-order valence-corrected chi connectivity index (χ3v) is 2.88. The summed E-state index contributed by atoms with van der Waals surface area (Å²) in [5.41, 5.74) is -0.938. The van der Waals surface area contributed by atoms with E-state index in [0.717, 1.165) is 12.8 Å². The van der Waals surface area contributed by atoms with Gasteiger partial charge in [0.1, 0.15) is 0 Å². The first-order chi connectivity index (χ1) is 7.68. The van der Waals surface area contributed by atoms with Crippen LogP contribution in [0.1, 0.15) is 39.5 Å². The molecule has 0 atom stereocenters. The predicted molar refractivity (Wildman–Crippen MR) is 58.6 cm³/mol. The molecule has 0 saturated heterocycles. The lowest BCUT2D eigenvalue weighted by atomic mass is 9.68. The zero-order valence-electron chi connectivity index (χ0n) is 9.99. The van der Waals surface area contributed by atoms with Crippen LogP contribution in [0, 0.1) is 16.7 Å². The van der Waals surface area contributed by atoms with E-state index < -0.39 is 11.4 Å². The van der Waals surface area contributed by atoms with Crippen molar-refractivity contribution in [2.45, 2.75) is 45.6 Å². The first-order valence-corrected chi connectivity index (χ1v) is 5.88. The maximum absolute atomic E-state index is 11.6. The molecule has 90 valence electrons. The fraction of sp³-hybridized carbons (Fsp3) is 0.833. The molecule has 1 saturated carbocycles. The molecule has 0 aromatic heterocycles. The van der Waals surface area contributed by atoms with Crippen LogP contribution >= 0.6 is 0 Å². The highest BCUT2D eigenvalue weighted by Gasteiger charge is 2.52. The van der Waals surface area contributed by atoms with Gasteiger partial charge < -0.3 is 9.47 Å². The topological polar surface area (TPSA) is 59.3 Å². The van der Waals surface area contributed by atoms with Gasteiger partial charge in [-0.15, -0.1) is 0 Å². The number of nitrogens with zero attached hydrogens (tertiary/aromatic N) is 1. The van der Waals surface area contributed by atoms with Gasteiger partial charge in [0.25, 0.3) is 0 Å². The molecule has 16 heavy (non-hydrogen) atoms.